The molecule has 1 unspecified atom stereocenters. The predicted molar refractivity (Wildman–Crippen MR) is 64.7 cm³/mol. The van der Waals surface area contributed by atoms with Gasteiger partial charge in [0.15, 0.2) is 0 Å². The van der Waals surface area contributed by atoms with Crippen molar-refractivity contribution >= 4 is 10.4 Å². The quantitative estimate of drug-likeness (QED) is 0.479. The summed E-state index contributed by atoms with van der Waals surface area (Å²) in [6, 6.07) is 0. The normalized spacial score (nSPS) is 13.9. The van der Waals surface area contributed by atoms with E-state index in [2.05, 4.69) is 11.1 Å². The first-order valence-corrected chi connectivity index (χ1v) is 7.44. The van der Waals surface area contributed by atoms with Gasteiger partial charge in [0.2, 0.25) is 0 Å². The van der Waals surface area contributed by atoms with Crippen LogP contribution in [-0.4, -0.2) is 19.6 Å². The van der Waals surface area contributed by atoms with Crippen molar-refractivity contribution in [2.24, 2.45) is 5.92 Å². The van der Waals surface area contributed by atoms with Gasteiger partial charge in [-0.15, -0.1) is 0 Å². The molecule has 1 N–H and O–H groups in total. The van der Waals surface area contributed by atoms with Gasteiger partial charge in [-0.1, -0.05) is 52.4 Å². The highest BCUT2D eigenvalue weighted by Crippen LogP contribution is 2.12. The van der Waals surface area contributed by atoms with Crippen molar-refractivity contribution in [3.05, 3.63) is 0 Å². The molecule has 0 amide bonds. The summed E-state index contributed by atoms with van der Waals surface area (Å²) in [7, 11) is -4.26. The van der Waals surface area contributed by atoms with Gasteiger partial charge in [-0.25, -0.2) is 4.18 Å². The molecule has 0 spiro atoms. The zero-order valence-electron chi connectivity index (χ0n) is 10.3. The first-order chi connectivity index (χ1) is 7.45. The molecule has 1 atom stereocenters. The van der Waals surface area contributed by atoms with Crippen LogP contribution in [-0.2, 0) is 14.6 Å². The SMILES string of the molecule is CCCCCCCCC(C)COS(=O)(=O)O. The summed E-state index contributed by atoms with van der Waals surface area (Å²) in [5.41, 5.74) is 0. The Balaban J connectivity index is 3.34. The molecule has 0 aliphatic carbocycles. The summed E-state index contributed by atoms with van der Waals surface area (Å²) in [5, 5.41) is 0. The zero-order valence-corrected chi connectivity index (χ0v) is 11.1. The van der Waals surface area contributed by atoms with Crippen molar-refractivity contribution < 1.29 is 17.2 Å². The summed E-state index contributed by atoms with van der Waals surface area (Å²) in [6.07, 6.45) is 8.31. The molecule has 5 heteroatoms. The number of hydrogen-bond donors (Lipinski definition) is 1. The van der Waals surface area contributed by atoms with Gasteiger partial charge in [-0.3, -0.25) is 4.55 Å². The fraction of sp³-hybridized carbons (Fsp3) is 1.00. The minimum atomic E-state index is -4.26. The number of hydrogen-bond acceptors (Lipinski definition) is 3. The molecule has 0 aromatic carbocycles. The van der Waals surface area contributed by atoms with Gasteiger partial charge in [0.1, 0.15) is 0 Å². The van der Waals surface area contributed by atoms with Crippen LogP contribution in [0, 0.1) is 5.92 Å². The van der Waals surface area contributed by atoms with E-state index in [0.717, 1.165) is 12.8 Å². The minimum Gasteiger partial charge on any atom is -0.264 e. The van der Waals surface area contributed by atoms with Crippen molar-refractivity contribution in [1.29, 1.82) is 0 Å². The molecule has 4 nitrogen and oxygen atoms in total. The van der Waals surface area contributed by atoms with Gasteiger partial charge in [-0.05, 0) is 12.3 Å². The van der Waals surface area contributed by atoms with Crippen LogP contribution in [0.1, 0.15) is 58.8 Å². The Bertz CT molecular complexity index is 249. The lowest BCUT2D eigenvalue weighted by molar-refractivity contribution is 0.222. The second kappa shape index (κ2) is 8.96. The Morgan fingerprint density at radius 3 is 2.25 bits per heavy atom. The van der Waals surface area contributed by atoms with Gasteiger partial charge in [0, 0.05) is 0 Å². The zero-order chi connectivity index (χ0) is 12.4. The average molecular weight is 252 g/mol. The summed E-state index contributed by atoms with van der Waals surface area (Å²) < 4.78 is 33.3. The molecule has 16 heavy (non-hydrogen) atoms. The molecule has 0 saturated heterocycles. The lowest BCUT2D eigenvalue weighted by Crippen LogP contribution is -2.11. The van der Waals surface area contributed by atoms with Crippen molar-refractivity contribution in [3.63, 3.8) is 0 Å². The number of rotatable bonds is 10. The molecular formula is C11H24O4S. The van der Waals surface area contributed by atoms with E-state index in [0.29, 0.717) is 0 Å². The van der Waals surface area contributed by atoms with Crippen molar-refractivity contribution in [3.8, 4) is 0 Å². The van der Waals surface area contributed by atoms with Crippen LogP contribution in [0.5, 0.6) is 0 Å². The summed E-state index contributed by atoms with van der Waals surface area (Å²) in [4.78, 5) is 0. The monoisotopic (exact) mass is 252 g/mol. The van der Waals surface area contributed by atoms with Gasteiger partial charge in [-0.2, -0.15) is 8.42 Å². The standard InChI is InChI=1S/C11H24O4S/c1-3-4-5-6-7-8-9-11(2)10-15-16(12,13)14/h11H,3-10H2,1-2H3,(H,12,13,14). The Kier molecular flexibility index (Phi) is 8.89. The summed E-state index contributed by atoms with van der Waals surface area (Å²) in [6.45, 7) is 4.19. The molecule has 0 aromatic rings. The van der Waals surface area contributed by atoms with Crippen LogP contribution < -0.4 is 0 Å². The predicted octanol–water partition coefficient (Wildman–Crippen LogP) is 3.19. The molecule has 0 aliphatic heterocycles. The fourth-order valence-electron chi connectivity index (χ4n) is 1.56. The average Bonchev–Trinajstić information content (AvgIpc) is 2.19. The van der Waals surface area contributed by atoms with E-state index in [1.807, 2.05) is 6.92 Å². The molecule has 0 bridgehead atoms. The maximum absolute atomic E-state index is 10.3. The molecule has 0 heterocycles. The highest BCUT2D eigenvalue weighted by Gasteiger charge is 2.08. The van der Waals surface area contributed by atoms with Crippen molar-refractivity contribution in [2.45, 2.75) is 58.8 Å². The second-order valence-electron chi connectivity index (χ2n) is 4.37. The molecule has 0 aromatic heterocycles. The first-order valence-electron chi connectivity index (χ1n) is 6.07. The molecule has 0 saturated carbocycles. The van der Waals surface area contributed by atoms with Gasteiger partial charge >= 0.3 is 10.4 Å². The van der Waals surface area contributed by atoms with E-state index in [9.17, 15) is 8.42 Å². The van der Waals surface area contributed by atoms with E-state index in [1.54, 1.807) is 0 Å². The van der Waals surface area contributed by atoms with E-state index in [-0.39, 0.29) is 12.5 Å². The molecule has 0 fully saturated rings. The van der Waals surface area contributed by atoms with E-state index >= 15 is 0 Å². The smallest absolute Gasteiger partial charge is 0.264 e. The molecule has 0 radical (unpaired) electrons. The van der Waals surface area contributed by atoms with Crippen LogP contribution in [0.15, 0.2) is 0 Å². The second-order valence-corrected chi connectivity index (χ2v) is 5.47. The molecular weight excluding hydrogens is 228 g/mol. The topological polar surface area (TPSA) is 63.6 Å². The number of unbranched alkanes of at least 4 members (excludes halogenated alkanes) is 5. The van der Waals surface area contributed by atoms with Crippen LogP contribution in [0.25, 0.3) is 0 Å². The maximum Gasteiger partial charge on any atom is 0.397 e. The Morgan fingerprint density at radius 2 is 1.69 bits per heavy atom. The lowest BCUT2D eigenvalue weighted by atomic mass is 10.0. The van der Waals surface area contributed by atoms with E-state index in [4.69, 9.17) is 4.55 Å². The van der Waals surface area contributed by atoms with Crippen LogP contribution in [0.3, 0.4) is 0 Å². The van der Waals surface area contributed by atoms with E-state index in [1.165, 1.54) is 32.1 Å². The lowest BCUT2D eigenvalue weighted by Gasteiger charge is -2.09. The highest BCUT2D eigenvalue weighted by molar-refractivity contribution is 7.80. The van der Waals surface area contributed by atoms with Crippen molar-refractivity contribution in [1.82, 2.24) is 0 Å². The fourth-order valence-corrected chi connectivity index (χ4v) is 1.96. The highest BCUT2D eigenvalue weighted by atomic mass is 32.3. The first kappa shape index (κ1) is 15.9. The van der Waals surface area contributed by atoms with Gasteiger partial charge in [0.05, 0.1) is 6.61 Å². The third-order valence-corrected chi connectivity index (χ3v) is 2.99. The third kappa shape index (κ3) is 11.9. The van der Waals surface area contributed by atoms with Crippen LogP contribution in [0.4, 0.5) is 0 Å². The summed E-state index contributed by atoms with van der Waals surface area (Å²) in [5.74, 6) is 0.174. The van der Waals surface area contributed by atoms with Crippen LogP contribution >= 0.6 is 0 Å². The Morgan fingerprint density at radius 1 is 1.12 bits per heavy atom. The molecule has 98 valence electrons. The maximum atomic E-state index is 10.3. The minimum absolute atomic E-state index is 0.0772. The summed E-state index contributed by atoms with van der Waals surface area (Å²) >= 11 is 0. The Hall–Kier alpha value is -0.130. The third-order valence-electron chi connectivity index (χ3n) is 2.55. The molecule has 0 aliphatic rings. The van der Waals surface area contributed by atoms with Crippen molar-refractivity contribution in [2.75, 3.05) is 6.61 Å². The molecule has 0 rings (SSSR count). The van der Waals surface area contributed by atoms with Crippen LogP contribution in [0.2, 0.25) is 0 Å². The van der Waals surface area contributed by atoms with Gasteiger partial charge in [0.25, 0.3) is 0 Å². The largest absolute Gasteiger partial charge is 0.397 e. The van der Waals surface area contributed by atoms with E-state index < -0.39 is 10.4 Å². The van der Waals surface area contributed by atoms with Gasteiger partial charge < -0.3 is 0 Å². The Labute approximate surface area is 99.3 Å².